The first-order chi connectivity index (χ1) is 8.30. The first-order valence-electron chi connectivity index (χ1n) is 5.17. The number of nitrogens with two attached hydrogens (primary N) is 1. The van der Waals surface area contributed by atoms with Gasteiger partial charge in [0.2, 0.25) is 0 Å². The predicted octanol–water partition coefficient (Wildman–Crippen LogP) is 0.805. The normalized spacial score (nSPS) is 15.9. The van der Waals surface area contributed by atoms with Crippen LogP contribution in [0.5, 0.6) is 11.5 Å². The van der Waals surface area contributed by atoms with E-state index in [1.807, 2.05) is 0 Å². The van der Waals surface area contributed by atoms with Gasteiger partial charge in [-0.2, -0.15) is 0 Å². The molecule has 7 heteroatoms. The van der Waals surface area contributed by atoms with Crippen LogP contribution in [0.4, 0.5) is 4.39 Å². The van der Waals surface area contributed by atoms with E-state index in [9.17, 15) is 14.3 Å². The number of rotatable bonds is 5. The quantitative estimate of drug-likeness (QED) is 0.303. The topological polar surface area (TPSA) is 116 Å². The molecule has 0 saturated heterocycles. The van der Waals surface area contributed by atoms with Crippen LogP contribution in [0.3, 0.4) is 0 Å². The fourth-order valence-electron chi connectivity index (χ4n) is 1.42. The number of halogens is 1. The number of phenols is 2. The Morgan fingerprint density at radius 1 is 1.50 bits per heavy atom. The molecule has 18 heavy (non-hydrogen) atoms. The zero-order valence-corrected chi connectivity index (χ0v) is 9.72. The summed E-state index contributed by atoms with van der Waals surface area (Å²) in [7, 11) is 0. The first kappa shape index (κ1) is 14.2. The van der Waals surface area contributed by atoms with E-state index in [0.717, 1.165) is 12.1 Å². The Hall–Kier alpha value is -1.86. The molecule has 0 radical (unpaired) electrons. The van der Waals surface area contributed by atoms with Gasteiger partial charge in [0.15, 0.2) is 11.5 Å². The Morgan fingerprint density at radius 3 is 2.56 bits per heavy atom. The number of carboxylic acids is 1. The van der Waals surface area contributed by atoms with Gasteiger partial charge >= 0.3 is 5.97 Å². The molecule has 0 heterocycles. The molecule has 6 N–H and O–H groups in total. The summed E-state index contributed by atoms with van der Waals surface area (Å²) in [5.74, 6) is 2.98. The van der Waals surface area contributed by atoms with Crippen LogP contribution in [0, 0.1) is 0 Å². The van der Waals surface area contributed by atoms with E-state index in [1.54, 1.807) is 0 Å². The van der Waals surface area contributed by atoms with Crippen LogP contribution in [-0.4, -0.2) is 26.8 Å². The molecule has 0 aliphatic heterocycles. The van der Waals surface area contributed by atoms with Gasteiger partial charge in [-0.15, -0.1) is 0 Å². The van der Waals surface area contributed by atoms with Gasteiger partial charge in [0.25, 0.3) is 0 Å². The maximum atomic E-state index is 13.9. The molecule has 0 fully saturated rings. The third kappa shape index (κ3) is 2.88. The zero-order valence-electron chi connectivity index (χ0n) is 9.72. The Morgan fingerprint density at radius 2 is 2.11 bits per heavy atom. The van der Waals surface area contributed by atoms with E-state index in [4.69, 9.17) is 16.1 Å². The zero-order chi connectivity index (χ0) is 13.9. The first-order valence-corrected chi connectivity index (χ1v) is 5.17. The third-order valence-electron chi connectivity index (χ3n) is 2.74. The number of alkyl halides is 1. The minimum atomic E-state index is -1.64. The van der Waals surface area contributed by atoms with Gasteiger partial charge in [0, 0.05) is 6.42 Å². The van der Waals surface area contributed by atoms with Crippen molar-refractivity contribution in [2.75, 3.05) is 0 Å². The van der Waals surface area contributed by atoms with Crippen molar-refractivity contribution in [1.82, 2.24) is 5.43 Å². The number of aliphatic carboxylic acids is 1. The van der Waals surface area contributed by atoms with Gasteiger partial charge < -0.3 is 15.3 Å². The molecule has 0 bridgehead atoms. The lowest BCUT2D eigenvalue weighted by atomic mass is 9.92. The smallest absolute Gasteiger partial charge is 0.325 e. The van der Waals surface area contributed by atoms with Crippen LogP contribution in [-0.2, 0) is 4.79 Å². The second kappa shape index (κ2) is 5.19. The fourth-order valence-corrected chi connectivity index (χ4v) is 1.42. The van der Waals surface area contributed by atoms with E-state index in [-0.39, 0.29) is 11.3 Å². The summed E-state index contributed by atoms with van der Waals surface area (Å²) in [4.78, 5) is 10.9. The molecule has 1 aromatic carbocycles. The largest absolute Gasteiger partial charge is 0.504 e. The second-order valence-electron chi connectivity index (χ2n) is 4.20. The summed E-state index contributed by atoms with van der Waals surface area (Å²) in [5.41, 5.74) is 0.498. The summed E-state index contributed by atoms with van der Waals surface area (Å²) in [6.45, 7) is 1.25. The highest BCUT2D eigenvalue weighted by atomic mass is 19.1. The lowest BCUT2D eigenvalue weighted by molar-refractivity contribution is -0.145. The van der Waals surface area contributed by atoms with Crippen molar-refractivity contribution in [3.8, 4) is 11.5 Å². The van der Waals surface area contributed by atoms with Crippen LogP contribution < -0.4 is 11.3 Å². The summed E-state index contributed by atoms with van der Waals surface area (Å²) >= 11 is 0. The number of hydrazine groups is 1. The molecule has 1 unspecified atom stereocenters. The van der Waals surface area contributed by atoms with Crippen molar-refractivity contribution in [1.29, 1.82) is 0 Å². The minimum Gasteiger partial charge on any atom is -0.504 e. The molecule has 0 saturated carbocycles. The van der Waals surface area contributed by atoms with E-state index in [2.05, 4.69) is 5.43 Å². The molecule has 1 aromatic rings. The van der Waals surface area contributed by atoms with E-state index >= 15 is 0 Å². The molecule has 2 atom stereocenters. The summed E-state index contributed by atoms with van der Waals surface area (Å²) in [5, 5.41) is 27.3. The lowest BCUT2D eigenvalue weighted by Gasteiger charge is -2.25. The fraction of sp³-hybridized carbons (Fsp3) is 0.364. The molecule has 0 aliphatic rings. The third-order valence-corrected chi connectivity index (χ3v) is 2.74. The summed E-state index contributed by atoms with van der Waals surface area (Å²) < 4.78 is 13.9. The van der Waals surface area contributed by atoms with Crippen molar-refractivity contribution in [3.05, 3.63) is 23.8 Å². The maximum absolute atomic E-state index is 13.9. The van der Waals surface area contributed by atoms with Gasteiger partial charge in [0.1, 0.15) is 11.7 Å². The Balaban J connectivity index is 2.90. The van der Waals surface area contributed by atoms with Crippen LogP contribution in [0.25, 0.3) is 0 Å². The molecule has 0 aliphatic carbocycles. The minimum absolute atomic E-state index is 0.0630. The second-order valence-corrected chi connectivity index (χ2v) is 4.20. The van der Waals surface area contributed by atoms with Crippen molar-refractivity contribution < 1.29 is 24.5 Å². The highest BCUT2D eigenvalue weighted by Crippen LogP contribution is 2.33. The van der Waals surface area contributed by atoms with Gasteiger partial charge in [-0.1, -0.05) is 6.07 Å². The number of hydrogen-bond acceptors (Lipinski definition) is 5. The van der Waals surface area contributed by atoms with Gasteiger partial charge in [0.05, 0.1) is 0 Å². The SMILES string of the molecule is C[C@@](CC(F)c1ccc(O)c(O)c1)(NN)C(=O)O. The predicted molar refractivity (Wildman–Crippen MR) is 61.6 cm³/mol. The molecule has 0 aromatic heterocycles. The van der Waals surface area contributed by atoms with E-state index < -0.39 is 29.9 Å². The number of phenolic OH excluding ortho intramolecular Hbond substituents is 2. The van der Waals surface area contributed by atoms with E-state index in [1.165, 1.54) is 13.0 Å². The maximum Gasteiger partial charge on any atom is 0.325 e. The Bertz CT molecular complexity index is 455. The summed E-state index contributed by atoms with van der Waals surface area (Å²) in [6.07, 6.45) is -2.06. The number of benzene rings is 1. The Labute approximate surface area is 103 Å². The lowest BCUT2D eigenvalue weighted by Crippen LogP contribution is -2.53. The van der Waals surface area contributed by atoms with Crippen molar-refractivity contribution in [3.63, 3.8) is 0 Å². The van der Waals surface area contributed by atoms with E-state index in [0.29, 0.717) is 0 Å². The number of hydrogen-bond donors (Lipinski definition) is 5. The average molecular weight is 258 g/mol. The molecular weight excluding hydrogens is 243 g/mol. The number of nitrogens with one attached hydrogen (secondary N) is 1. The number of carbonyl (C=O) groups is 1. The molecule has 0 amide bonds. The van der Waals surface area contributed by atoms with Gasteiger partial charge in [-0.3, -0.25) is 10.6 Å². The molecule has 6 nitrogen and oxygen atoms in total. The highest BCUT2D eigenvalue weighted by molar-refractivity contribution is 5.78. The van der Waals surface area contributed by atoms with Crippen LogP contribution in [0.15, 0.2) is 18.2 Å². The molecule has 1 rings (SSSR count). The van der Waals surface area contributed by atoms with Crippen molar-refractivity contribution in [2.45, 2.75) is 25.1 Å². The molecule has 0 spiro atoms. The number of carboxylic acid groups (broad SMARTS) is 1. The summed E-state index contributed by atoms with van der Waals surface area (Å²) in [6, 6.07) is 3.43. The number of aromatic hydroxyl groups is 2. The van der Waals surface area contributed by atoms with Gasteiger partial charge in [-0.25, -0.2) is 9.82 Å². The molecular formula is C11H15FN2O4. The van der Waals surface area contributed by atoms with Crippen LogP contribution in [0.1, 0.15) is 25.1 Å². The van der Waals surface area contributed by atoms with Gasteiger partial charge in [-0.05, 0) is 24.6 Å². The standard InChI is InChI=1S/C11H15FN2O4/c1-11(14-13,10(17)18)5-7(12)6-2-3-8(15)9(16)4-6/h2-4,7,14-16H,5,13H2,1H3,(H,17,18)/t7?,11-/m0/s1. The Kier molecular flexibility index (Phi) is 4.10. The van der Waals surface area contributed by atoms with Crippen LogP contribution in [0.2, 0.25) is 0 Å². The molecule has 100 valence electrons. The van der Waals surface area contributed by atoms with Crippen molar-refractivity contribution in [2.24, 2.45) is 5.84 Å². The van der Waals surface area contributed by atoms with Crippen molar-refractivity contribution >= 4 is 5.97 Å². The average Bonchev–Trinajstić information content (AvgIpc) is 2.32. The van der Waals surface area contributed by atoms with Crippen LogP contribution >= 0.6 is 0 Å². The highest BCUT2D eigenvalue weighted by Gasteiger charge is 2.35. The monoisotopic (exact) mass is 258 g/mol.